The molecule has 1 unspecified atom stereocenters. The third-order valence-corrected chi connectivity index (χ3v) is 12.7. The molecule has 0 saturated heterocycles. The summed E-state index contributed by atoms with van der Waals surface area (Å²) < 4.78 is 6.36. The van der Waals surface area contributed by atoms with Crippen molar-refractivity contribution in [3.8, 4) is 67.5 Å². The van der Waals surface area contributed by atoms with Gasteiger partial charge < -0.3 is 14.6 Å². The van der Waals surface area contributed by atoms with E-state index < -0.39 is 0 Å². The molecule has 1 atom stereocenters. The van der Waals surface area contributed by atoms with E-state index in [1.165, 1.54) is 21.5 Å². The minimum atomic E-state index is -0.0261. The van der Waals surface area contributed by atoms with Crippen LogP contribution in [0.15, 0.2) is 205 Å². The highest BCUT2D eigenvalue weighted by Crippen LogP contribution is 2.48. The molecule has 0 spiro atoms. The second-order valence-electron chi connectivity index (χ2n) is 16.5. The van der Waals surface area contributed by atoms with E-state index in [4.69, 9.17) is 19.4 Å². The Morgan fingerprint density at radius 3 is 1.56 bits per heavy atom. The van der Waals surface area contributed by atoms with Crippen LogP contribution >= 0.6 is 0 Å². The Balaban J connectivity index is 0.903. The fourth-order valence-electron chi connectivity index (χ4n) is 9.54. The monoisotopic (exact) mass is 819 g/mol. The molecule has 300 valence electrons. The zero-order chi connectivity index (χ0) is 42.1. The molecule has 0 saturated carbocycles. The highest BCUT2D eigenvalue weighted by molar-refractivity contribution is 6.23. The van der Waals surface area contributed by atoms with Gasteiger partial charge in [-0.1, -0.05) is 176 Å². The number of anilines is 2. The third-order valence-electron chi connectivity index (χ3n) is 12.7. The van der Waals surface area contributed by atoms with E-state index in [2.05, 4.69) is 198 Å². The van der Waals surface area contributed by atoms with Crippen LogP contribution in [0.1, 0.15) is 0 Å². The first-order valence-corrected chi connectivity index (χ1v) is 21.6. The summed E-state index contributed by atoms with van der Waals surface area (Å²) in [6.07, 6.45) is 4.43. The number of hydrogen-bond donors (Lipinski definition) is 1. The Labute approximate surface area is 368 Å². The van der Waals surface area contributed by atoms with Crippen LogP contribution in [0.25, 0.3) is 112 Å². The van der Waals surface area contributed by atoms with Crippen molar-refractivity contribution in [1.82, 2.24) is 15.0 Å². The summed E-state index contributed by atoms with van der Waals surface area (Å²) in [4.78, 5) is 17.7. The lowest BCUT2D eigenvalue weighted by Gasteiger charge is -2.23. The van der Waals surface area contributed by atoms with E-state index in [1.807, 2.05) is 24.3 Å². The highest BCUT2D eigenvalue weighted by atomic mass is 16.3. The molecule has 2 aromatic heterocycles. The van der Waals surface area contributed by atoms with Crippen molar-refractivity contribution >= 4 is 56.2 Å². The average molecular weight is 820 g/mol. The first kappa shape index (κ1) is 36.1. The first-order valence-electron chi connectivity index (χ1n) is 21.6. The van der Waals surface area contributed by atoms with Crippen molar-refractivity contribution in [2.75, 3.05) is 10.2 Å². The van der Waals surface area contributed by atoms with Crippen molar-refractivity contribution in [2.24, 2.45) is 0 Å². The number of aromatic nitrogens is 3. The van der Waals surface area contributed by atoms with Gasteiger partial charge in [-0.15, -0.1) is 0 Å². The molecule has 0 fully saturated rings. The number of hydrogen-bond acceptors (Lipinski definition) is 6. The molecule has 6 heteroatoms. The van der Waals surface area contributed by atoms with Gasteiger partial charge in [0, 0.05) is 38.1 Å². The van der Waals surface area contributed by atoms with Crippen LogP contribution < -0.4 is 20.9 Å². The maximum absolute atomic E-state index is 6.36. The number of nitrogens with zero attached hydrogens (tertiary/aromatic N) is 4. The first-order chi connectivity index (χ1) is 31.7. The molecule has 11 aromatic rings. The minimum Gasteiger partial charge on any atom is -0.455 e. The van der Waals surface area contributed by atoms with Crippen LogP contribution in [0.4, 0.5) is 11.4 Å². The fourth-order valence-corrected chi connectivity index (χ4v) is 9.54. The summed E-state index contributed by atoms with van der Waals surface area (Å²) >= 11 is 0. The van der Waals surface area contributed by atoms with Crippen molar-refractivity contribution in [3.05, 3.63) is 211 Å². The SMILES string of the molecule is C1=c2oc3ccccc3c2=CC2Nc3c(c4ccc(-c5ccc(-c6nc(-c7cccc(-c8ccccc8)c7)nc(-c7cccc(-c8ccccc8)c7)n6)cc5)cc4c4ccccc34)N12. The van der Waals surface area contributed by atoms with Gasteiger partial charge in [0.1, 0.15) is 11.7 Å². The average Bonchev–Trinajstić information content (AvgIpc) is 3.94. The summed E-state index contributed by atoms with van der Waals surface area (Å²) in [5.74, 6) is 1.86. The third kappa shape index (κ3) is 5.99. The minimum absolute atomic E-state index is 0.0261. The van der Waals surface area contributed by atoms with Crippen LogP contribution in [0.2, 0.25) is 0 Å². The lowest BCUT2D eigenvalue weighted by atomic mass is 9.94. The van der Waals surface area contributed by atoms with Gasteiger partial charge in [0.2, 0.25) is 0 Å². The Morgan fingerprint density at radius 1 is 0.391 bits per heavy atom. The van der Waals surface area contributed by atoms with Crippen molar-refractivity contribution in [1.29, 1.82) is 0 Å². The Morgan fingerprint density at radius 2 is 0.891 bits per heavy atom. The number of benzene rings is 9. The molecule has 2 aliphatic heterocycles. The second kappa shape index (κ2) is 14.5. The van der Waals surface area contributed by atoms with Gasteiger partial charge in [0.25, 0.3) is 0 Å². The van der Waals surface area contributed by atoms with Crippen molar-refractivity contribution in [2.45, 2.75) is 6.17 Å². The van der Waals surface area contributed by atoms with Gasteiger partial charge in [-0.2, -0.15) is 0 Å². The largest absolute Gasteiger partial charge is 0.455 e. The standard InChI is InChI=1S/C58H37N5O/c1-3-13-36(14-4-1)40-17-11-19-43(31-40)57-60-56(61-58(62-57)44-20-12-18-41(32-44)37-15-5-2-6-16-37)39-27-25-38(26-28-39)42-29-30-48-49(33-42)45-21-7-8-23-47(45)54-55(48)63-35-52-50(34-53(63)59-54)46-22-9-10-24-51(46)64-52/h1-35,53,59H. The summed E-state index contributed by atoms with van der Waals surface area (Å²) in [7, 11) is 0. The normalized spacial score (nSPS) is 13.8. The predicted octanol–water partition coefficient (Wildman–Crippen LogP) is 12.7. The molecule has 64 heavy (non-hydrogen) atoms. The fraction of sp³-hybridized carbons (Fsp3) is 0.0172. The van der Waals surface area contributed by atoms with Crippen LogP contribution in [-0.4, -0.2) is 21.1 Å². The van der Waals surface area contributed by atoms with Gasteiger partial charge in [-0.25, -0.2) is 15.0 Å². The van der Waals surface area contributed by atoms with Crippen molar-refractivity contribution < 1.29 is 4.42 Å². The predicted molar refractivity (Wildman–Crippen MR) is 262 cm³/mol. The topological polar surface area (TPSA) is 67.1 Å². The Kier molecular flexibility index (Phi) is 8.18. The lowest BCUT2D eigenvalue weighted by molar-refractivity contribution is 0.571. The van der Waals surface area contributed by atoms with Gasteiger partial charge in [-0.3, -0.25) is 0 Å². The Hall–Kier alpha value is -8.61. The van der Waals surface area contributed by atoms with Gasteiger partial charge >= 0.3 is 0 Å². The molecule has 9 aromatic carbocycles. The van der Waals surface area contributed by atoms with Gasteiger partial charge in [-0.05, 0) is 74.5 Å². The number of fused-ring (bicyclic) bond motifs is 11. The Bertz CT molecular complexity index is 3670. The molecule has 4 heterocycles. The summed E-state index contributed by atoms with van der Waals surface area (Å²) in [6.45, 7) is 0. The molecule has 2 aliphatic rings. The molecule has 0 aliphatic carbocycles. The summed E-state index contributed by atoms with van der Waals surface area (Å²) in [6, 6.07) is 70.1. The van der Waals surface area contributed by atoms with Crippen molar-refractivity contribution in [3.63, 3.8) is 0 Å². The van der Waals surface area contributed by atoms with E-state index >= 15 is 0 Å². The lowest BCUT2D eigenvalue weighted by Crippen LogP contribution is -2.40. The van der Waals surface area contributed by atoms with Crippen LogP contribution in [0, 0.1) is 0 Å². The zero-order valence-electron chi connectivity index (χ0n) is 34.5. The molecular weight excluding hydrogens is 783 g/mol. The number of para-hydroxylation sites is 1. The smallest absolute Gasteiger partial charge is 0.164 e. The number of rotatable bonds is 6. The van der Waals surface area contributed by atoms with Crippen LogP contribution in [0.5, 0.6) is 0 Å². The van der Waals surface area contributed by atoms with E-state index in [0.29, 0.717) is 17.5 Å². The molecular formula is C58H37N5O. The molecule has 0 bridgehead atoms. The van der Waals surface area contributed by atoms with E-state index in [9.17, 15) is 0 Å². The van der Waals surface area contributed by atoms with Crippen LogP contribution in [0.3, 0.4) is 0 Å². The second-order valence-corrected chi connectivity index (χ2v) is 16.5. The van der Waals surface area contributed by atoms with E-state index in [1.54, 1.807) is 0 Å². The molecule has 0 amide bonds. The van der Waals surface area contributed by atoms with Crippen LogP contribution in [-0.2, 0) is 0 Å². The number of nitrogens with one attached hydrogen (secondary N) is 1. The van der Waals surface area contributed by atoms with Gasteiger partial charge in [0.15, 0.2) is 22.9 Å². The van der Waals surface area contributed by atoms with Gasteiger partial charge in [0.05, 0.1) is 17.6 Å². The maximum Gasteiger partial charge on any atom is 0.164 e. The molecule has 13 rings (SSSR count). The molecule has 6 nitrogen and oxygen atoms in total. The molecule has 1 N–H and O–H groups in total. The summed E-state index contributed by atoms with van der Waals surface area (Å²) in [5.41, 5.74) is 13.6. The zero-order valence-corrected chi connectivity index (χ0v) is 34.5. The highest BCUT2D eigenvalue weighted by Gasteiger charge is 2.32. The van der Waals surface area contributed by atoms with E-state index in [0.717, 1.165) is 83.0 Å². The molecule has 0 radical (unpaired) electrons. The maximum atomic E-state index is 6.36. The quantitative estimate of drug-likeness (QED) is 0.169. The number of furan rings is 1. The van der Waals surface area contributed by atoms with E-state index in [-0.39, 0.29) is 6.17 Å². The summed E-state index contributed by atoms with van der Waals surface area (Å²) in [5, 5.41) is 10.9.